The van der Waals surface area contributed by atoms with Gasteiger partial charge in [0.25, 0.3) is 0 Å². The Hall–Kier alpha value is 0.110. The first-order valence-electron chi connectivity index (χ1n) is 8.18. The molecule has 0 aromatic heterocycles. The van der Waals surface area contributed by atoms with Crippen molar-refractivity contribution in [3.63, 3.8) is 0 Å². The molecule has 0 saturated heterocycles. The highest BCUT2D eigenvalue weighted by molar-refractivity contribution is 7.46. The number of phosphoric acid groups is 1. The highest BCUT2D eigenvalue weighted by Gasteiger charge is 2.32. The molecule has 0 bridgehead atoms. The van der Waals surface area contributed by atoms with E-state index in [9.17, 15) is 4.57 Å². The smallest absolute Gasteiger partial charge is 0.303 e. The number of phosphoric ester groups is 1. The molecule has 0 atom stereocenters. The van der Waals surface area contributed by atoms with Crippen molar-refractivity contribution < 1.29 is 18.9 Å². The van der Waals surface area contributed by atoms with Gasteiger partial charge in [0.15, 0.2) is 0 Å². The third-order valence-corrected chi connectivity index (χ3v) is 4.93. The van der Waals surface area contributed by atoms with E-state index in [1.54, 1.807) is 0 Å². The van der Waals surface area contributed by atoms with E-state index in [1.165, 1.54) is 44.9 Å². The monoisotopic (exact) mass is 306 g/mol. The Labute approximate surface area is 123 Å². The summed E-state index contributed by atoms with van der Waals surface area (Å²) in [5, 5.41) is 0. The SMILES string of the molecule is CC1(OP(=O)(O)O)CCCCCCCCCCCCC1. The van der Waals surface area contributed by atoms with Gasteiger partial charge in [-0.25, -0.2) is 4.57 Å². The van der Waals surface area contributed by atoms with Crippen molar-refractivity contribution in [2.45, 2.75) is 96.0 Å². The lowest BCUT2D eigenvalue weighted by atomic mass is 9.91. The van der Waals surface area contributed by atoms with Crippen LogP contribution in [0.4, 0.5) is 0 Å². The summed E-state index contributed by atoms with van der Waals surface area (Å²) < 4.78 is 16.2. The molecule has 0 aromatic carbocycles. The molecule has 0 heterocycles. The molecule has 2 N–H and O–H groups in total. The Morgan fingerprint density at radius 1 is 0.750 bits per heavy atom. The zero-order chi connectivity index (χ0) is 14.9. The Balaban J connectivity index is 2.49. The average molecular weight is 306 g/mol. The minimum atomic E-state index is -4.39. The van der Waals surface area contributed by atoms with Crippen molar-refractivity contribution in [1.29, 1.82) is 0 Å². The van der Waals surface area contributed by atoms with Crippen LogP contribution in [0, 0.1) is 0 Å². The topological polar surface area (TPSA) is 66.8 Å². The normalized spacial score (nSPS) is 23.9. The molecule has 0 radical (unpaired) electrons. The van der Waals surface area contributed by atoms with Gasteiger partial charge in [-0.2, -0.15) is 0 Å². The fraction of sp³-hybridized carbons (Fsp3) is 1.00. The molecular weight excluding hydrogens is 275 g/mol. The van der Waals surface area contributed by atoms with Gasteiger partial charge in [0.2, 0.25) is 0 Å². The molecule has 1 fully saturated rings. The van der Waals surface area contributed by atoms with Gasteiger partial charge in [0.1, 0.15) is 0 Å². The highest BCUT2D eigenvalue weighted by Crippen LogP contribution is 2.45. The van der Waals surface area contributed by atoms with E-state index >= 15 is 0 Å². The predicted octanol–water partition coefficient (Wildman–Crippen LogP) is 4.94. The zero-order valence-electron chi connectivity index (χ0n) is 12.9. The number of hydrogen-bond donors (Lipinski definition) is 2. The number of hydrogen-bond acceptors (Lipinski definition) is 2. The van der Waals surface area contributed by atoms with Crippen molar-refractivity contribution in [3.8, 4) is 0 Å². The Bertz CT molecular complexity index is 286. The van der Waals surface area contributed by atoms with Gasteiger partial charge in [0, 0.05) is 0 Å². The van der Waals surface area contributed by atoms with Crippen LogP contribution in [0.25, 0.3) is 0 Å². The molecular formula is C15H31O4P. The maximum absolute atomic E-state index is 11.2. The van der Waals surface area contributed by atoms with Crippen LogP contribution < -0.4 is 0 Å². The van der Waals surface area contributed by atoms with E-state index in [0.29, 0.717) is 0 Å². The predicted molar refractivity (Wildman–Crippen MR) is 81.6 cm³/mol. The van der Waals surface area contributed by atoms with E-state index < -0.39 is 13.4 Å². The van der Waals surface area contributed by atoms with Gasteiger partial charge in [-0.3, -0.25) is 4.52 Å². The van der Waals surface area contributed by atoms with Crippen molar-refractivity contribution in [2.24, 2.45) is 0 Å². The van der Waals surface area contributed by atoms with Crippen LogP contribution >= 0.6 is 7.82 Å². The lowest BCUT2D eigenvalue weighted by molar-refractivity contribution is 0.0303. The highest BCUT2D eigenvalue weighted by atomic mass is 31.2. The molecule has 5 heteroatoms. The lowest BCUT2D eigenvalue weighted by Crippen LogP contribution is -2.27. The Kier molecular flexibility index (Phi) is 8.35. The first-order valence-corrected chi connectivity index (χ1v) is 9.71. The van der Waals surface area contributed by atoms with E-state index in [2.05, 4.69) is 0 Å². The molecule has 0 spiro atoms. The van der Waals surface area contributed by atoms with Gasteiger partial charge in [0.05, 0.1) is 5.60 Å². The maximum atomic E-state index is 11.2. The van der Waals surface area contributed by atoms with E-state index in [1.807, 2.05) is 6.92 Å². The summed E-state index contributed by atoms with van der Waals surface area (Å²) in [5.74, 6) is 0. The maximum Gasteiger partial charge on any atom is 0.470 e. The van der Waals surface area contributed by atoms with Gasteiger partial charge >= 0.3 is 7.82 Å². The average Bonchev–Trinajstić information content (AvgIpc) is 2.32. The summed E-state index contributed by atoms with van der Waals surface area (Å²) in [6.07, 6.45) is 14.8. The minimum absolute atomic E-state index is 0.664. The minimum Gasteiger partial charge on any atom is -0.303 e. The van der Waals surface area contributed by atoms with Crippen LogP contribution in [0.3, 0.4) is 0 Å². The summed E-state index contributed by atoms with van der Waals surface area (Å²) in [6.45, 7) is 1.86. The van der Waals surface area contributed by atoms with Gasteiger partial charge in [-0.05, 0) is 19.8 Å². The van der Waals surface area contributed by atoms with Crippen LogP contribution in [-0.2, 0) is 9.09 Å². The molecule has 1 saturated carbocycles. The van der Waals surface area contributed by atoms with Crippen molar-refractivity contribution in [2.75, 3.05) is 0 Å². The molecule has 4 nitrogen and oxygen atoms in total. The first-order chi connectivity index (χ1) is 9.41. The van der Waals surface area contributed by atoms with E-state index in [4.69, 9.17) is 14.3 Å². The third-order valence-electron chi connectivity index (χ3n) is 4.25. The van der Waals surface area contributed by atoms with Crippen LogP contribution in [-0.4, -0.2) is 15.4 Å². The van der Waals surface area contributed by atoms with Crippen LogP contribution in [0.2, 0.25) is 0 Å². The van der Waals surface area contributed by atoms with Crippen LogP contribution in [0.15, 0.2) is 0 Å². The molecule has 20 heavy (non-hydrogen) atoms. The molecule has 0 aromatic rings. The molecule has 1 aliphatic rings. The van der Waals surface area contributed by atoms with Crippen molar-refractivity contribution in [1.82, 2.24) is 0 Å². The van der Waals surface area contributed by atoms with Gasteiger partial charge in [-0.1, -0.05) is 70.6 Å². The number of rotatable bonds is 2. The fourth-order valence-electron chi connectivity index (χ4n) is 3.09. The molecule has 0 amide bonds. The van der Waals surface area contributed by atoms with E-state index in [0.717, 1.165) is 38.5 Å². The largest absolute Gasteiger partial charge is 0.470 e. The van der Waals surface area contributed by atoms with Crippen LogP contribution in [0.5, 0.6) is 0 Å². The molecule has 0 aliphatic heterocycles. The van der Waals surface area contributed by atoms with Crippen LogP contribution in [0.1, 0.15) is 90.4 Å². The standard InChI is InChI=1S/C15H31O4P/c1-15(19-20(16,17)18)13-11-9-7-5-3-2-4-6-8-10-12-14-15/h2-14H2,1H3,(H2,16,17,18). The molecule has 1 rings (SSSR count). The quantitative estimate of drug-likeness (QED) is 0.709. The summed E-state index contributed by atoms with van der Waals surface area (Å²) in [4.78, 5) is 18.2. The van der Waals surface area contributed by atoms with Gasteiger partial charge < -0.3 is 9.79 Å². The lowest BCUT2D eigenvalue weighted by Gasteiger charge is -2.30. The Morgan fingerprint density at radius 3 is 1.35 bits per heavy atom. The summed E-state index contributed by atoms with van der Waals surface area (Å²) in [5.41, 5.74) is -0.664. The van der Waals surface area contributed by atoms with Crippen molar-refractivity contribution in [3.05, 3.63) is 0 Å². The second-order valence-corrected chi connectivity index (χ2v) is 7.58. The first kappa shape index (κ1) is 18.2. The molecule has 120 valence electrons. The third kappa shape index (κ3) is 9.12. The van der Waals surface area contributed by atoms with Gasteiger partial charge in [-0.15, -0.1) is 0 Å². The summed E-state index contributed by atoms with van der Waals surface area (Å²) in [6, 6.07) is 0. The molecule has 1 aliphatic carbocycles. The fourth-order valence-corrected chi connectivity index (χ4v) is 3.85. The summed E-state index contributed by atoms with van der Waals surface area (Å²) in [7, 11) is -4.39. The molecule has 0 unspecified atom stereocenters. The second-order valence-electron chi connectivity index (χ2n) is 6.42. The van der Waals surface area contributed by atoms with E-state index in [-0.39, 0.29) is 0 Å². The second kappa shape index (κ2) is 9.19. The Morgan fingerprint density at radius 2 is 1.05 bits per heavy atom. The zero-order valence-corrected chi connectivity index (χ0v) is 13.7. The summed E-state index contributed by atoms with van der Waals surface area (Å²) >= 11 is 0. The van der Waals surface area contributed by atoms with Crippen molar-refractivity contribution >= 4 is 7.82 Å².